The summed E-state index contributed by atoms with van der Waals surface area (Å²) in [6.45, 7) is 5.62. The van der Waals surface area contributed by atoms with E-state index in [4.69, 9.17) is 16.3 Å². The molecule has 7 nitrogen and oxygen atoms in total. The molecule has 0 bridgehead atoms. The lowest BCUT2D eigenvalue weighted by molar-refractivity contribution is 0.203. The standard InChI is InChI=1S/C11H22N6O/c1-4-8(2)17(5-6-18-3)10-7-9(16-13)14-11(12)15-10/h7-8H,4-6,13H2,1-3H3,(H3,12,14,15,16). The summed E-state index contributed by atoms with van der Waals surface area (Å²) in [6, 6.07) is 2.11. The zero-order chi connectivity index (χ0) is 13.5. The first kappa shape index (κ1) is 14.5. The largest absolute Gasteiger partial charge is 0.383 e. The molecule has 5 N–H and O–H groups in total. The number of ether oxygens (including phenoxy) is 1. The van der Waals surface area contributed by atoms with E-state index in [1.165, 1.54) is 0 Å². The van der Waals surface area contributed by atoms with Gasteiger partial charge in [-0.1, -0.05) is 6.92 Å². The molecular weight excluding hydrogens is 232 g/mol. The molecule has 7 heteroatoms. The second-order valence-corrected chi connectivity index (χ2v) is 4.06. The normalized spacial score (nSPS) is 12.2. The number of anilines is 3. The van der Waals surface area contributed by atoms with Gasteiger partial charge in [0.1, 0.15) is 11.6 Å². The summed E-state index contributed by atoms with van der Waals surface area (Å²) in [7, 11) is 1.68. The molecule has 0 aliphatic heterocycles. The topological polar surface area (TPSA) is 102 Å². The smallest absolute Gasteiger partial charge is 0.223 e. The lowest BCUT2D eigenvalue weighted by Crippen LogP contribution is -2.36. The third-order valence-corrected chi connectivity index (χ3v) is 2.83. The number of hydrogen-bond acceptors (Lipinski definition) is 7. The van der Waals surface area contributed by atoms with E-state index in [0.29, 0.717) is 18.5 Å². The highest BCUT2D eigenvalue weighted by atomic mass is 16.5. The van der Waals surface area contributed by atoms with Crippen molar-refractivity contribution in [3.63, 3.8) is 0 Å². The molecule has 1 heterocycles. The fraction of sp³-hybridized carbons (Fsp3) is 0.636. The van der Waals surface area contributed by atoms with Crippen LogP contribution in [0.3, 0.4) is 0 Å². The van der Waals surface area contributed by atoms with E-state index in [9.17, 15) is 0 Å². The zero-order valence-corrected chi connectivity index (χ0v) is 11.2. The van der Waals surface area contributed by atoms with Crippen LogP contribution in [0.15, 0.2) is 6.07 Å². The van der Waals surface area contributed by atoms with Gasteiger partial charge in [0, 0.05) is 25.8 Å². The number of hydrogen-bond donors (Lipinski definition) is 3. The van der Waals surface area contributed by atoms with Crippen molar-refractivity contribution in [2.24, 2.45) is 5.84 Å². The van der Waals surface area contributed by atoms with E-state index < -0.39 is 0 Å². The Labute approximate surface area is 107 Å². The third kappa shape index (κ3) is 3.71. The van der Waals surface area contributed by atoms with Gasteiger partial charge in [0.05, 0.1) is 6.61 Å². The number of nitrogen functional groups attached to an aromatic ring is 2. The van der Waals surface area contributed by atoms with E-state index in [1.807, 2.05) is 0 Å². The summed E-state index contributed by atoms with van der Waals surface area (Å²) in [6.07, 6.45) is 0.999. The molecule has 0 amide bonds. The van der Waals surface area contributed by atoms with Gasteiger partial charge in [0.2, 0.25) is 5.95 Å². The predicted octanol–water partition coefficient (Wildman–Crippen LogP) is 0.596. The molecule has 1 aromatic rings. The van der Waals surface area contributed by atoms with Crippen molar-refractivity contribution in [3.8, 4) is 0 Å². The first-order chi connectivity index (χ1) is 8.62. The van der Waals surface area contributed by atoms with Crippen molar-refractivity contribution in [2.45, 2.75) is 26.3 Å². The van der Waals surface area contributed by atoms with Gasteiger partial charge in [0.15, 0.2) is 0 Å². The maximum Gasteiger partial charge on any atom is 0.223 e. The van der Waals surface area contributed by atoms with Crippen LogP contribution in [-0.2, 0) is 4.74 Å². The lowest BCUT2D eigenvalue weighted by atomic mass is 10.2. The van der Waals surface area contributed by atoms with Gasteiger partial charge >= 0.3 is 0 Å². The second kappa shape index (κ2) is 6.97. The third-order valence-electron chi connectivity index (χ3n) is 2.83. The molecule has 1 rings (SSSR count). The van der Waals surface area contributed by atoms with E-state index >= 15 is 0 Å². The molecule has 0 saturated heterocycles. The van der Waals surface area contributed by atoms with E-state index in [-0.39, 0.29) is 5.95 Å². The van der Waals surface area contributed by atoms with Crippen LogP contribution >= 0.6 is 0 Å². The minimum Gasteiger partial charge on any atom is -0.383 e. The highest BCUT2D eigenvalue weighted by Gasteiger charge is 2.15. The molecule has 0 saturated carbocycles. The monoisotopic (exact) mass is 254 g/mol. The van der Waals surface area contributed by atoms with Crippen molar-refractivity contribution < 1.29 is 4.74 Å². The number of nitrogens with two attached hydrogens (primary N) is 2. The Bertz CT molecular complexity index is 373. The molecule has 0 aromatic carbocycles. The Morgan fingerprint density at radius 1 is 1.50 bits per heavy atom. The van der Waals surface area contributed by atoms with Gasteiger partial charge in [0.25, 0.3) is 0 Å². The van der Waals surface area contributed by atoms with Gasteiger partial charge < -0.3 is 20.8 Å². The molecule has 0 radical (unpaired) electrons. The molecular formula is C11H22N6O. The number of methoxy groups -OCH3 is 1. The summed E-state index contributed by atoms with van der Waals surface area (Å²) >= 11 is 0. The van der Waals surface area contributed by atoms with Crippen molar-refractivity contribution in [1.82, 2.24) is 9.97 Å². The maximum absolute atomic E-state index is 5.67. The average Bonchev–Trinajstić information content (AvgIpc) is 2.38. The summed E-state index contributed by atoms with van der Waals surface area (Å²) in [5.41, 5.74) is 8.15. The van der Waals surface area contributed by atoms with E-state index in [2.05, 4.69) is 34.1 Å². The molecule has 0 aliphatic rings. The Kier molecular flexibility index (Phi) is 5.60. The van der Waals surface area contributed by atoms with Gasteiger partial charge in [-0.05, 0) is 13.3 Å². The molecule has 102 valence electrons. The second-order valence-electron chi connectivity index (χ2n) is 4.06. The Hall–Kier alpha value is -1.60. The lowest BCUT2D eigenvalue weighted by Gasteiger charge is -2.29. The zero-order valence-electron chi connectivity index (χ0n) is 11.2. The number of nitrogens with one attached hydrogen (secondary N) is 1. The minimum absolute atomic E-state index is 0.200. The molecule has 0 fully saturated rings. The fourth-order valence-electron chi connectivity index (χ4n) is 1.64. The molecule has 1 unspecified atom stereocenters. The van der Waals surface area contributed by atoms with Crippen molar-refractivity contribution in [3.05, 3.63) is 6.07 Å². The van der Waals surface area contributed by atoms with Gasteiger partial charge in [-0.15, -0.1) is 0 Å². The summed E-state index contributed by atoms with van der Waals surface area (Å²) in [5.74, 6) is 6.81. The fourth-order valence-corrected chi connectivity index (χ4v) is 1.64. The molecule has 18 heavy (non-hydrogen) atoms. The molecule has 1 aromatic heterocycles. The molecule has 0 aliphatic carbocycles. The molecule has 1 atom stereocenters. The number of rotatable bonds is 7. The summed E-state index contributed by atoms with van der Waals surface area (Å²) in [4.78, 5) is 10.3. The van der Waals surface area contributed by atoms with Crippen molar-refractivity contribution in [2.75, 3.05) is 36.3 Å². The van der Waals surface area contributed by atoms with E-state index in [1.54, 1.807) is 13.2 Å². The van der Waals surface area contributed by atoms with Gasteiger partial charge in [-0.3, -0.25) is 0 Å². The maximum atomic E-state index is 5.67. The summed E-state index contributed by atoms with van der Waals surface area (Å²) in [5, 5.41) is 0. The minimum atomic E-state index is 0.200. The Balaban J connectivity index is 2.99. The Morgan fingerprint density at radius 2 is 2.22 bits per heavy atom. The molecule has 0 spiro atoms. The quantitative estimate of drug-likeness (QED) is 0.483. The highest BCUT2D eigenvalue weighted by Crippen LogP contribution is 2.19. The number of nitrogens with zero attached hydrogens (tertiary/aromatic N) is 3. The van der Waals surface area contributed by atoms with Crippen LogP contribution in [0, 0.1) is 0 Å². The van der Waals surface area contributed by atoms with Gasteiger partial charge in [-0.25, -0.2) is 5.84 Å². The highest BCUT2D eigenvalue weighted by molar-refractivity contribution is 5.52. The number of aromatic nitrogens is 2. The Morgan fingerprint density at radius 3 is 2.78 bits per heavy atom. The first-order valence-corrected chi connectivity index (χ1v) is 5.99. The van der Waals surface area contributed by atoms with Crippen molar-refractivity contribution in [1.29, 1.82) is 0 Å². The van der Waals surface area contributed by atoms with Crippen LogP contribution in [-0.4, -0.2) is 36.3 Å². The predicted molar refractivity (Wildman–Crippen MR) is 73.2 cm³/mol. The van der Waals surface area contributed by atoms with Crippen LogP contribution in [0.25, 0.3) is 0 Å². The SMILES string of the molecule is CCC(C)N(CCOC)c1cc(NN)nc(N)n1. The van der Waals surface area contributed by atoms with Crippen LogP contribution in [0.1, 0.15) is 20.3 Å². The van der Waals surface area contributed by atoms with Gasteiger partial charge in [-0.2, -0.15) is 9.97 Å². The summed E-state index contributed by atoms with van der Waals surface area (Å²) < 4.78 is 5.12. The average molecular weight is 254 g/mol. The van der Waals surface area contributed by atoms with Crippen LogP contribution in [0.2, 0.25) is 0 Å². The van der Waals surface area contributed by atoms with Crippen LogP contribution in [0.5, 0.6) is 0 Å². The van der Waals surface area contributed by atoms with Crippen LogP contribution in [0.4, 0.5) is 17.6 Å². The van der Waals surface area contributed by atoms with E-state index in [0.717, 1.165) is 18.8 Å². The van der Waals surface area contributed by atoms with Crippen molar-refractivity contribution >= 4 is 17.6 Å². The van der Waals surface area contributed by atoms with Crippen LogP contribution < -0.4 is 21.9 Å². The first-order valence-electron chi connectivity index (χ1n) is 5.99. The number of hydrazine groups is 1.